The number of aliphatic hydroxyl groups is 1. The molecule has 1 amide bonds. The molecule has 5 heteroatoms. The van der Waals surface area contributed by atoms with E-state index in [0.29, 0.717) is 6.54 Å². The number of amides is 1. The summed E-state index contributed by atoms with van der Waals surface area (Å²) in [5.74, 6) is 0.263. The Hall–Kier alpha value is -0.650. The van der Waals surface area contributed by atoms with Gasteiger partial charge < -0.3 is 15.3 Å². The van der Waals surface area contributed by atoms with Crippen molar-refractivity contribution < 1.29 is 9.90 Å². The predicted molar refractivity (Wildman–Crippen MR) is 79.6 cm³/mol. The van der Waals surface area contributed by atoms with E-state index >= 15 is 0 Å². The molecule has 116 valence electrons. The molecular formula is C15H29N3O2. The minimum atomic E-state index is -0.647. The molecule has 2 fully saturated rings. The zero-order valence-electron chi connectivity index (χ0n) is 12.9. The van der Waals surface area contributed by atoms with Crippen molar-refractivity contribution in [2.24, 2.45) is 0 Å². The summed E-state index contributed by atoms with van der Waals surface area (Å²) in [7, 11) is 0. The average molecular weight is 283 g/mol. The van der Waals surface area contributed by atoms with Gasteiger partial charge >= 0.3 is 0 Å². The van der Waals surface area contributed by atoms with Crippen LogP contribution in [0.2, 0.25) is 0 Å². The van der Waals surface area contributed by atoms with Crippen molar-refractivity contribution in [3.63, 3.8) is 0 Å². The van der Waals surface area contributed by atoms with Crippen LogP contribution < -0.4 is 5.32 Å². The van der Waals surface area contributed by atoms with Crippen LogP contribution in [0.1, 0.15) is 39.5 Å². The Kier molecular flexibility index (Phi) is 5.41. The number of β-amino-alcohol motifs (C(OH)–C–C–N with tert-alkyl or cyclic N) is 1. The van der Waals surface area contributed by atoms with E-state index in [2.05, 4.69) is 10.2 Å². The molecular weight excluding hydrogens is 254 g/mol. The second kappa shape index (κ2) is 6.87. The van der Waals surface area contributed by atoms with Crippen molar-refractivity contribution >= 4 is 5.91 Å². The third-order valence-corrected chi connectivity index (χ3v) is 4.89. The largest absolute Gasteiger partial charge is 0.389 e. The highest BCUT2D eigenvalue weighted by atomic mass is 16.3. The van der Waals surface area contributed by atoms with Crippen molar-refractivity contribution in [2.75, 3.05) is 39.3 Å². The Morgan fingerprint density at radius 3 is 2.50 bits per heavy atom. The molecule has 2 rings (SSSR count). The second-order valence-electron chi connectivity index (χ2n) is 6.14. The monoisotopic (exact) mass is 283 g/mol. The van der Waals surface area contributed by atoms with E-state index in [0.717, 1.165) is 58.4 Å². The van der Waals surface area contributed by atoms with Gasteiger partial charge in [-0.3, -0.25) is 9.69 Å². The van der Waals surface area contributed by atoms with Crippen molar-refractivity contribution in [1.82, 2.24) is 15.1 Å². The van der Waals surface area contributed by atoms with Crippen LogP contribution in [0, 0.1) is 0 Å². The molecule has 1 unspecified atom stereocenters. The lowest BCUT2D eigenvalue weighted by molar-refractivity contribution is -0.137. The first-order chi connectivity index (χ1) is 9.59. The molecule has 5 nitrogen and oxygen atoms in total. The Morgan fingerprint density at radius 1 is 1.25 bits per heavy atom. The minimum absolute atomic E-state index is 0.0160. The highest BCUT2D eigenvalue weighted by Gasteiger charge is 2.37. The Bertz CT molecular complexity index is 325. The normalized spacial score (nSPS) is 25.1. The summed E-state index contributed by atoms with van der Waals surface area (Å²) in [4.78, 5) is 16.8. The standard InChI is InChI=1S/C15H29N3O2/c1-3-15(20,4-2)12-18-9-5-6-13(18)14(19)17-10-7-16-8-11-17/h13,16,20H,3-12H2,1-2H3. The van der Waals surface area contributed by atoms with Crippen LogP contribution in [0.15, 0.2) is 0 Å². The fourth-order valence-corrected chi connectivity index (χ4v) is 3.24. The van der Waals surface area contributed by atoms with E-state index in [1.165, 1.54) is 0 Å². The van der Waals surface area contributed by atoms with Crippen molar-refractivity contribution in [1.29, 1.82) is 0 Å². The SMILES string of the molecule is CCC(O)(CC)CN1CCCC1C(=O)N1CCNCC1. The van der Waals surface area contributed by atoms with Gasteiger partial charge in [-0.05, 0) is 32.2 Å². The van der Waals surface area contributed by atoms with E-state index in [4.69, 9.17) is 0 Å². The highest BCUT2D eigenvalue weighted by Crippen LogP contribution is 2.25. The Balaban J connectivity index is 1.97. The first-order valence-electron chi connectivity index (χ1n) is 8.05. The van der Waals surface area contributed by atoms with E-state index in [9.17, 15) is 9.90 Å². The van der Waals surface area contributed by atoms with Gasteiger partial charge in [-0.15, -0.1) is 0 Å². The first kappa shape index (κ1) is 15.7. The molecule has 0 saturated carbocycles. The van der Waals surface area contributed by atoms with E-state index in [-0.39, 0.29) is 11.9 Å². The van der Waals surface area contributed by atoms with Gasteiger partial charge in [0.25, 0.3) is 0 Å². The van der Waals surface area contributed by atoms with Gasteiger partial charge in [0, 0.05) is 32.7 Å². The minimum Gasteiger partial charge on any atom is -0.389 e. The summed E-state index contributed by atoms with van der Waals surface area (Å²) >= 11 is 0. The van der Waals surface area contributed by atoms with Gasteiger partial charge in [-0.25, -0.2) is 0 Å². The zero-order valence-corrected chi connectivity index (χ0v) is 12.9. The van der Waals surface area contributed by atoms with Gasteiger partial charge in [0.15, 0.2) is 0 Å². The van der Waals surface area contributed by atoms with E-state index in [1.54, 1.807) is 0 Å². The molecule has 0 spiro atoms. The van der Waals surface area contributed by atoms with Gasteiger partial charge in [-0.2, -0.15) is 0 Å². The van der Waals surface area contributed by atoms with Gasteiger partial charge in [-0.1, -0.05) is 13.8 Å². The van der Waals surface area contributed by atoms with Crippen LogP contribution in [0.3, 0.4) is 0 Å². The maximum Gasteiger partial charge on any atom is 0.240 e. The fourth-order valence-electron chi connectivity index (χ4n) is 3.24. The number of piperazine rings is 1. The molecule has 2 heterocycles. The van der Waals surface area contributed by atoms with E-state index in [1.807, 2.05) is 18.7 Å². The number of likely N-dealkylation sites (tertiary alicyclic amines) is 1. The van der Waals surface area contributed by atoms with Crippen LogP contribution in [0.25, 0.3) is 0 Å². The molecule has 20 heavy (non-hydrogen) atoms. The lowest BCUT2D eigenvalue weighted by atomic mass is 9.96. The molecule has 0 radical (unpaired) electrons. The van der Waals surface area contributed by atoms with Gasteiger partial charge in [0.05, 0.1) is 11.6 Å². The lowest BCUT2D eigenvalue weighted by Crippen LogP contribution is -2.54. The summed E-state index contributed by atoms with van der Waals surface area (Å²) in [6, 6.07) is -0.0160. The molecule has 2 N–H and O–H groups in total. The summed E-state index contributed by atoms with van der Waals surface area (Å²) in [5, 5.41) is 13.8. The van der Waals surface area contributed by atoms with Gasteiger partial charge in [0.2, 0.25) is 5.91 Å². The molecule has 0 aliphatic carbocycles. The highest BCUT2D eigenvalue weighted by molar-refractivity contribution is 5.82. The number of hydrogen-bond donors (Lipinski definition) is 2. The molecule has 2 saturated heterocycles. The number of hydrogen-bond acceptors (Lipinski definition) is 4. The second-order valence-corrected chi connectivity index (χ2v) is 6.14. The number of carbonyl (C=O) groups excluding carboxylic acids is 1. The summed E-state index contributed by atoms with van der Waals surface area (Å²) in [6.07, 6.45) is 3.49. The third-order valence-electron chi connectivity index (χ3n) is 4.89. The first-order valence-corrected chi connectivity index (χ1v) is 8.05. The van der Waals surface area contributed by atoms with Crippen LogP contribution in [-0.2, 0) is 4.79 Å². The molecule has 0 bridgehead atoms. The summed E-state index contributed by atoms with van der Waals surface area (Å²) in [6.45, 7) is 9.02. The number of rotatable bonds is 5. The van der Waals surface area contributed by atoms with Crippen molar-refractivity contribution in [2.45, 2.75) is 51.2 Å². The number of carbonyl (C=O) groups is 1. The quantitative estimate of drug-likeness (QED) is 0.768. The van der Waals surface area contributed by atoms with E-state index < -0.39 is 5.60 Å². The maximum atomic E-state index is 12.6. The molecule has 0 aromatic rings. The molecule has 1 atom stereocenters. The zero-order chi connectivity index (χ0) is 14.6. The summed E-state index contributed by atoms with van der Waals surface area (Å²) < 4.78 is 0. The average Bonchev–Trinajstić information content (AvgIpc) is 2.95. The predicted octanol–water partition coefficient (Wildman–Crippen LogP) is 0.434. The van der Waals surface area contributed by atoms with Crippen LogP contribution in [0.5, 0.6) is 0 Å². The van der Waals surface area contributed by atoms with Crippen molar-refractivity contribution in [3.05, 3.63) is 0 Å². The number of nitrogens with zero attached hydrogens (tertiary/aromatic N) is 2. The van der Waals surface area contributed by atoms with Gasteiger partial charge in [0.1, 0.15) is 0 Å². The van der Waals surface area contributed by atoms with Crippen LogP contribution in [0.4, 0.5) is 0 Å². The topological polar surface area (TPSA) is 55.8 Å². The third kappa shape index (κ3) is 3.51. The molecule has 2 aliphatic rings. The molecule has 0 aromatic carbocycles. The molecule has 2 aliphatic heterocycles. The Labute approximate surface area is 122 Å². The van der Waals surface area contributed by atoms with Crippen molar-refractivity contribution in [3.8, 4) is 0 Å². The summed E-state index contributed by atoms with van der Waals surface area (Å²) in [5.41, 5.74) is -0.647. The lowest BCUT2D eigenvalue weighted by Gasteiger charge is -2.36. The smallest absolute Gasteiger partial charge is 0.240 e. The Morgan fingerprint density at radius 2 is 1.90 bits per heavy atom. The van der Waals surface area contributed by atoms with Crippen LogP contribution in [-0.4, -0.2) is 71.7 Å². The fraction of sp³-hybridized carbons (Fsp3) is 0.933. The number of nitrogens with one attached hydrogen (secondary N) is 1. The maximum absolute atomic E-state index is 12.6. The molecule has 0 aromatic heterocycles. The van der Waals surface area contributed by atoms with Crippen LogP contribution >= 0.6 is 0 Å².